The third kappa shape index (κ3) is 3.28. The maximum atomic E-state index is 9.81. The fraction of sp³-hybridized carbons (Fsp3) is 0.636. The van der Waals surface area contributed by atoms with Gasteiger partial charge in [0, 0.05) is 22.4 Å². The number of halogens is 1. The third-order valence-corrected chi connectivity index (χ3v) is 4.68. The Morgan fingerprint density at radius 3 is 2.93 bits per heavy atom. The Hall–Kier alpha value is 0.1000. The number of aliphatic hydroxyl groups excluding tert-OH is 1. The molecule has 1 heterocycles. The fourth-order valence-electron chi connectivity index (χ4n) is 1.70. The van der Waals surface area contributed by atoms with Crippen molar-refractivity contribution in [3.8, 4) is 0 Å². The van der Waals surface area contributed by atoms with Gasteiger partial charge in [-0.25, -0.2) is 0 Å². The lowest BCUT2D eigenvalue weighted by Crippen LogP contribution is -2.29. The Kier molecular flexibility index (Phi) is 3.83. The molecule has 2 rings (SSSR count). The number of likely N-dealkylation sites (N-methyl/N-ethyl adjacent to an activating group) is 1. The summed E-state index contributed by atoms with van der Waals surface area (Å²) in [5.41, 5.74) is 0. The van der Waals surface area contributed by atoms with Gasteiger partial charge in [-0.05, 0) is 53.2 Å². The maximum Gasteiger partial charge on any atom is 0.0695 e. The molecule has 0 bridgehead atoms. The van der Waals surface area contributed by atoms with Crippen LogP contribution < -0.4 is 0 Å². The molecule has 1 unspecified atom stereocenters. The lowest BCUT2D eigenvalue weighted by molar-refractivity contribution is 0.104. The lowest BCUT2D eigenvalue weighted by atomic mass is 10.2. The topological polar surface area (TPSA) is 23.5 Å². The standard InChI is InChI=1S/C11H16BrNOS/c1-13(6-10(14)8-2-3-8)7-11-9(12)4-5-15-11/h4-5,8,10,14H,2-3,6-7H2,1H3. The number of nitrogens with zero attached hydrogens (tertiary/aromatic N) is 1. The van der Waals surface area contributed by atoms with Crippen molar-refractivity contribution in [3.05, 3.63) is 20.8 Å². The molecule has 0 aliphatic heterocycles. The molecule has 1 aromatic heterocycles. The number of thiophene rings is 1. The fourth-order valence-corrected chi connectivity index (χ4v) is 3.25. The average molecular weight is 290 g/mol. The Morgan fingerprint density at radius 2 is 2.40 bits per heavy atom. The van der Waals surface area contributed by atoms with E-state index in [-0.39, 0.29) is 6.10 Å². The first kappa shape index (κ1) is 11.6. The Balaban J connectivity index is 1.81. The van der Waals surface area contributed by atoms with Crippen LogP contribution in [0, 0.1) is 5.92 Å². The summed E-state index contributed by atoms with van der Waals surface area (Å²) < 4.78 is 1.18. The zero-order valence-corrected chi connectivity index (χ0v) is 11.2. The molecule has 1 aliphatic carbocycles. The molecule has 0 spiro atoms. The largest absolute Gasteiger partial charge is 0.392 e. The number of aliphatic hydroxyl groups is 1. The van der Waals surface area contributed by atoms with E-state index in [1.54, 1.807) is 11.3 Å². The van der Waals surface area contributed by atoms with E-state index < -0.39 is 0 Å². The normalized spacial score (nSPS) is 18.4. The van der Waals surface area contributed by atoms with Crippen LogP contribution in [-0.4, -0.2) is 29.7 Å². The maximum absolute atomic E-state index is 9.81. The predicted molar refractivity (Wildman–Crippen MR) is 67.1 cm³/mol. The van der Waals surface area contributed by atoms with E-state index in [2.05, 4.69) is 39.3 Å². The second-order valence-corrected chi connectivity index (χ2v) is 6.15. The molecular formula is C11H16BrNOS. The average Bonchev–Trinajstić information content (AvgIpc) is 2.94. The monoisotopic (exact) mass is 289 g/mol. The molecule has 1 saturated carbocycles. The van der Waals surface area contributed by atoms with Gasteiger partial charge in [0.25, 0.3) is 0 Å². The summed E-state index contributed by atoms with van der Waals surface area (Å²) >= 11 is 5.28. The van der Waals surface area contributed by atoms with Gasteiger partial charge in [0.2, 0.25) is 0 Å². The highest BCUT2D eigenvalue weighted by Crippen LogP contribution is 2.33. The van der Waals surface area contributed by atoms with E-state index in [1.165, 1.54) is 22.2 Å². The van der Waals surface area contributed by atoms with Gasteiger partial charge in [-0.3, -0.25) is 4.90 Å². The minimum absolute atomic E-state index is 0.131. The van der Waals surface area contributed by atoms with E-state index in [0.29, 0.717) is 5.92 Å². The molecule has 1 N–H and O–H groups in total. The van der Waals surface area contributed by atoms with Crippen molar-refractivity contribution < 1.29 is 5.11 Å². The molecule has 1 fully saturated rings. The van der Waals surface area contributed by atoms with Crippen LogP contribution in [0.4, 0.5) is 0 Å². The number of hydrogen-bond donors (Lipinski definition) is 1. The molecule has 15 heavy (non-hydrogen) atoms. The first-order valence-corrected chi connectivity index (χ1v) is 6.92. The van der Waals surface area contributed by atoms with E-state index in [0.717, 1.165) is 13.1 Å². The Bertz CT molecular complexity index is 324. The van der Waals surface area contributed by atoms with Crippen molar-refractivity contribution in [2.45, 2.75) is 25.5 Å². The van der Waals surface area contributed by atoms with Gasteiger partial charge in [-0.1, -0.05) is 0 Å². The van der Waals surface area contributed by atoms with Gasteiger partial charge in [0.15, 0.2) is 0 Å². The van der Waals surface area contributed by atoms with Crippen LogP contribution in [-0.2, 0) is 6.54 Å². The van der Waals surface area contributed by atoms with Crippen molar-refractivity contribution >= 4 is 27.3 Å². The first-order valence-electron chi connectivity index (χ1n) is 5.25. The number of rotatable bonds is 5. The minimum Gasteiger partial charge on any atom is -0.392 e. The third-order valence-electron chi connectivity index (χ3n) is 2.77. The molecule has 2 nitrogen and oxygen atoms in total. The first-order chi connectivity index (χ1) is 7.16. The number of hydrogen-bond acceptors (Lipinski definition) is 3. The molecule has 84 valence electrons. The van der Waals surface area contributed by atoms with Gasteiger partial charge in [0.1, 0.15) is 0 Å². The molecule has 4 heteroatoms. The van der Waals surface area contributed by atoms with Crippen LogP contribution in [0.3, 0.4) is 0 Å². The smallest absolute Gasteiger partial charge is 0.0695 e. The van der Waals surface area contributed by atoms with E-state index in [4.69, 9.17) is 0 Å². The molecular weight excluding hydrogens is 274 g/mol. The van der Waals surface area contributed by atoms with Crippen molar-refractivity contribution in [2.75, 3.05) is 13.6 Å². The zero-order chi connectivity index (χ0) is 10.8. The summed E-state index contributed by atoms with van der Waals surface area (Å²) in [5.74, 6) is 0.569. The van der Waals surface area contributed by atoms with Crippen molar-refractivity contribution in [1.82, 2.24) is 4.90 Å². The summed E-state index contributed by atoms with van der Waals surface area (Å²) in [7, 11) is 2.07. The zero-order valence-electron chi connectivity index (χ0n) is 8.82. The van der Waals surface area contributed by atoms with Crippen LogP contribution in [0.1, 0.15) is 17.7 Å². The van der Waals surface area contributed by atoms with Gasteiger partial charge in [0.05, 0.1) is 6.10 Å². The Labute approximate surface area is 103 Å². The molecule has 1 atom stereocenters. The van der Waals surface area contributed by atoms with Crippen molar-refractivity contribution in [2.24, 2.45) is 5.92 Å². The van der Waals surface area contributed by atoms with Crippen LogP contribution in [0.2, 0.25) is 0 Å². The van der Waals surface area contributed by atoms with Crippen molar-refractivity contribution in [1.29, 1.82) is 0 Å². The summed E-state index contributed by atoms with van der Waals surface area (Å²) in [6.07, 6.45) is 2.28. The predicted octanol–water partition coefficient (Wildman–Crippen LogP) is 2.71. The molecule has 0 aromatic carbocycles. The highest BCUT2D eigenvalue weighted by atomic mass is 79.9. The van der Waals surface area contributed by atoms with Crippen LogP contribution in [0.15, 0.2) is 15.9 Å². The van der Waals surface area contributed by atoms with Gasteiger partial charge in [-0.2, -0.15) is 0 Å². The van der Waals surface area contributed by atoms with Crippen LogP contribution >= 0.6 is 27.3 Å². The summed E-state index contributed by atoms with van der Waals surface area (Å²) in [4.78, 5) is 3.53. The van der Waals surface area contributed by atoms with E-state index in [9.17, 15) is 5.11 Å². The van der Waals surface area contributed by atoms with Crippen LogP contribution in [0.5, 0.6) is 0 Å². The molecule has 0 saturated heterocycles. The second kappa shape index (κ2) is 4.95. The SMILES string of the molecule is CN(Cc1sccc1Br)CC(O)C1CC1. The molecule has 1 aromatic rings. The molecule has 0 amide bonds. The van der Waals surface area contributed by atoms with E-state index >= 15 is 0 Å². The highest BCUT2D eigenvalue weighted by Gasteiger charge is 2.30. The second-order valence-electron chi connectivity index (χ2n) is 4.29. The highest BCUT2D eigenvalue weighted by molar-refractivity contribution is 9.10. The Morgan fingerprint density at radius 1 is 1.67 bits per heavy atom. The summed E-state index contributed by atoms with van der Waals surface area (Å²) in [5, 5.41) is 11.9. The molecule has 1 aliphatic rings. The van der Waals surface area contributed by atoms with E-state index in [1.807, 2.05) is 0 Å². The quantitative estimate of drug-likeness (QED) is 0.901. The van der Waals surface area contributed by atoms with Gasteiger partial charge < -0.3 is 5.11 Å². The minimum atomic E-state index is -0.131. The molecule has 0 radical (unpaired) electrons. The lowest BCUT2D eigenvalue weighted by Gasteiger charge is -2.19. The van der Waals surface area contributed by atoms with Crippen molar-refractivity contribution in [3.63, 3.8) is 0 Å². The summed E-state index contributed by atoms with van der Waals surface area (Å²) in [6.45, 7) is 1.71. The van der Waals surface area contributed by atoms with Gasteiger partial charge in [-0.15, -0.1) is 11.3 Å². The summed E-state index contributed by atoms with van der Waals surface area (Å²) in [6, 6.07) is 2.07. The van der Waals surface area contributed by atoms with Crippen LogP contribution in [0.25, 0.3) is 0 Å². The van der Waals surface area contributed by atoms with Gasteiger partial charge >= 0.3 is 0 Å².